The molecule has 0 spiro atoms. The van der Waals surface area contributed by atoms with Crippen LogP contribution >= 0.6 is 15.9 Å². The Morgan fingerprint density at radius 2 is 1.95 bits per heavy atom. The first kappa shape index (κ1) is 14.4. The first-order chi connectivity index (χ1) is 9.42. The van der Waals surface area contributed by atoms with E-state index in [2.05, 4.69) is 26.6 Å². The molecule has 102 valence electrons. The van der Waals surface area contributed by atoms with Crippen molar-refractivity contribution in [3.05, 3.63) is 52.5 Å². The van der Waals surface area contributed by atoms with Crippen molar-refractivity contribution < 1.29 is 8.42 Å². The highest BCUT2D eigenvalue weighted by molar-refractivity contribution is 9.10. The highest BCUT2D eigenvalue weighted by Gasteiger charge is 2.17. The average Bonchev–Trinajstić information content (AvgIpc) is 2.37. The molecule has 0 aliphatic rings. The summed E-state index contributed by atoms with van der Waals surface area (Å²) in [5.74, 6) is 2.45. The van der Waals surface area contributed by atoms with E-state index in [-0.39, 0.29) is 4.90 Å². The molecule has 3 N–H and O–H groups in total. The van der Waals surface area contributed by atoms with Gasteiger partial charge in [0.1, 0.15) is 4.90 Å². The smallest absolute Gasteiger partial charge is 0.263 e. The largest absolute Gasteiger partial charge is 0.399 e. The zero-order valence-electron chi connectivity index (χ0n) is 10.3. The van der Waals surface area contributed by atoms with Gasteiger partial charge in [-0.05, 0) is 52.3 Å². The molecule has 6 heteroatoms. The normalized spacial score (nSPS) is 10.8. The minimum Gasteiger partial charge on any atom is -0.399 e. The van der Waals surface area contributed by atoms with Crippen molar-refractivity contribution in [3.63, 3.8) is 0 Å². The summed E-state index contributed by atoms with van der Waals surface area (Å²) in [5, 5.41) is 0. The first-order valence-corrected chi connectivity index (χ1v) is 7.84. The topological polar surface area (TPSA) is 72.2 Å². The monoisotopic (exact) mass is 350 g/mol. The van der Waals surface area contributed by atoms with Gasteiger partial charge in [0.05, 0.1) is 5.69 Å². The summed E-state index contributed by atoms with van der Waals surface area (Å²) in [7, 11) is -3.71. The molecular formula is C14H11BrN2O2S. The van der Waals surface area contributed by atoms with Crippen LogP contribution in [0.15, 0.2) is 51.8 Å². The number of nitrogen functional groups attached to an aromatic ring is 1. The van der Waals surface area contributed by atoms with Crippen molar-refractivity contribution in [2.75, 3.05) is 10.5 Å². The number of terminal acetylenes is 1. The number of rotatable bonds is 3. The van der Waals surface area contributed by atoms with Crippen molar-refractivity contribution in [1.82, 2.24) is 0 Å². The summed E-state index contributed by atoms with van der Waals surface area (Å²) >= 11 is 3.19. The Kier molecular flexibility index (Phi) is 4.02. The van der Waals surface area contributed by atoms with E-state index in [4.69, 9.17) is 12.2 Å². The molecule has 0 unspecified atom stereocenters. The predicted molar refractivity (Wildman–Crippen MR) is 83.7 cm³/mol. The number of hydrogen-bond acceptors (Lipinski definition) is 3. The zero-order valence-corrected chi connectivity index (χ0v) is 12.7. The molecule has 0 aliphatic heterocycles. The number of hydrogen-bond donors (Lipinski definition) is 2. The third-order valence-electron chi connectivity index (χ3n) is 2.53. The van der Waals surface area contributed by atoms with E-state index in [1.165, 1.54) is 18.2 Å². The Bertz CT molecular complexity index is 795. The molecule has 0 saturated carbocycles. The number of sulfonamides is 1. The molecule has 0 saturated heterocycles. The second kappa shape index (κ2) is 5.57. The second-order valence-electron chi connectivity index (χ2n) is 4.02. The van der Waals surface area contributed by atoms with Crippen LogP contribution in [-0.2, 0) is 10.0 Å². The van der Waals surface area contributed by atoms with Crippen LogP contribution in [0.5, 0.6) is 0 Å². The molecule has 0 amide bonds. The van der Waals surface area contributed by atoms with Gasteiger partial charge in [-0.3, -0.25) is 4.72 Å². The maximum absolute atomic E-state index is 12.3. The van der Waals surface area contributed by atoms with Crippen molar-refractivity contribution in [3.8, 4) is 12.3 Å². The predicted octanol–water partition coefficient (Wildman–Crippen LogP) is 2.81. The van der Waals surface area contributed by atoms with Crippen LogP contribution in [0.4, 0.5) is 11.4 Å². The van der Waals surface area contributed by atoms with Gasteiger partial charge in [0.25, 0.3) is 10.0 Å². The fourth-order valence-corrected chi connectivity index (χ4v) is 3.76. The summed E-state index contributed by atoms with van der Waals surface area (Å²) in [5.41, 5.74) is 7.08. The van der Waals surface area contributed by atoms with Crippen LogP contribution in [0.1, 0.15) is 5.56 Å². The third kappa shape index (κ3) is 3.13. The van der Waals surface area contributed by atoms with Gasteiger partial charge >= 0.3 is 0 Å². The van der Waals surface area contributed by atoms with E-state index in [9.17, 15) is 8.42 Å². The number of nitrogens with one attached hydrogen (secondary N) is 1. The number of nitrogens with two attached hydrogens (primary N) is 1. The maximum atomic E-state index is 12.3. The molecule has 0 radical (unpaired) electrons. The molecule has 0 fully saturated rings. The lowest BCUT2D eigenvalue weighted by Gasteiger charge is -2.10. The molecule has 2 aromatic rings. The fourth-order valence-electron chi connectivity index (χ4n) is 1.62. The minimum atomic E-state index is -3.71. The summed E-state index contributed by atoms with van der Waals surface area (Å²) < 4.78 is 27.5. The number of anilines is 2. The maximum Gasteiger partial charge on any atom is 0.263 e. The van der Waals surface area contributed by atoms with E-state index < -0.39 is 10.0 Å². The molecular weight excluding hydrogens is 340 g/mol. The summed E-state index contributed by atoms with van der Waals surface area (Å²) in [6.07, 6.45) is 5.29. The van der Waals surface area contributed by atoms with Crippen molar-refractivity contribution >= 4 is 37.3 Å². The molecule has 0 atom stereocenters. The van der Waals surface area contributed by atoms with E-state index in [1.54, 1.807) is 24.3 Å². The first-order valence-electron chi connectivity index (χ1n) is 5.57. The highest BCUT2D eigenvalue weighted by atomic mass is 79.9. The average molecular weight is 351 g/mol. The van der Waals surface area contributed by atoms with Crippen LogP contribution in [0.2, 0.25) is 0 Å². The Morgan fingerprint density at radius 1 is 1.20 bits per heavy atom. The molecule has 20 heavy (non-hydrogen) atoms. The van der Waals surface area contributed by atoms with Crippen molar-refractivity contribution in [1.29, 1.82) is 0 Å². The fraction of sp³-hybridized carbons (Fsp3) is 0. The van der Waals surface area contributed by atoms with Crippen molar-refractivity contribution in [2.24, 2.45) is 0 Å². The Morgan fingerprint density at radius 3 is 2.60 bits per heavy atom. The summed E-state index contributed by atoms with van der Waals surface area (Å²) in [6.45, 7) is 0. The minimum absolute atomic E-state index is 0.109. The Balaban J connectivity index is 2.38. The van der Waals surface area contributed by atoms with Gasteiger partial charge < -0.3 is 5.73 Å². The molecule has 2 aromatic carbocycles. The molecule has 4 nitrogen and oxygen atoms in total. The second-order valence-corrected chi connectivity index (χ2v) is 6.53. The van der Waals surface area contributed by atoms with Gasteiger partial charge in [0.2, 0.25) is 0 Å². The lowest BCUT2D eigenvalue weighted by molar-refractivity contribution is 0.601. The van der Waals surface area contributed by atoms with Gasteiger partial charge in [-0.1, -0.05) is 12.0 Å². The Labute approximate surface area is 126 Å². The zero-order chi connectivity index (χ0) is 14.8. The summed E-state index contributed by atoms with van der Waals surface area (Å²) in [6, 6.07) is 11.1. The lowest BCUT2D eigenvalue weighted by Crippen LogP contribution is -2.13. The molecule has 0 aliphatic carbocycles. The quantitative estimate of drug-likeness (QED) is 0.660. The van der Waals surface area contributed by atoms with Crippen molar-refractivity contribution in [2.45, 2.75) is 4.90 Å². The van der Waals surface area contributed by atoms with Gasteiger partial charge in [0, 0.05) is 15.7 Å². The molecule has 0 heterocycles. The standard InChI is InChI=1S/C14H11BrN2O2S/c1-2-10-4-3-5-12(8-10)17-20(18,19)14-7-6-11(16)9-13(14)15/h1,3-9,17H,16H2. The van der Waals surface area contributed by atoms with Gasteiger partial charge in [0.15, 0.2) is 0 Å². The highest BCUT2D eigenvalue weighted by Crippen LogP contribution is 2.26. The SMILES string of the molecule is C#Cc1cccc(NS(=O)(=O)c2ccc(N)cc2Br)c1. The molecule has 2 rings (SSSR count). The van der Waals surface area contributed by atoms with Crippen LogP contribution in [0.25, 0.3) is 0 Å². The number of benzene rings is 2. The lowest BCUT2D eigenvalue weighted by atomic mass is 10.2. The van der Waals surface area contributed by atoms with Crippen LogP contribution < -0.4 is 10.5 Å². The van der Waals surface area contributed by atoms with Gasteiger partial charge in [-0.25, -0.2) is 8.42 Å². The molecule has 0 aromatic heterocycles. The summed E-state index contributed by atoms with van der Waals surface area (Å²) in [4.78, 5) is 0.109. The van der Waals surface area contributed by atoms with Crippen LogP contribution in [0.3, 0.4) is 0 Å². The molecule has 0 bridgehead atoms. The van der Waals surface area contributed by atoms with E-state index in [0.29, 0.717) is 21.4 Å². The van der Waals surface area contributed by atoms with Crippen LogP contribution in [0, 0.1) is 12.3 Å². The van der Waals surface area contributed by atoms with Gasteiger partial charge in [-0.2, -0.15) is 0 Å². The van der Waals surface area contributed by atoms with E-state index in [0.717, 1.165) is 0 Å². The van der Waals surface area contributed by atoms with E-state index in [1.807, 2.05) is 0 Å². The Hall–Kier alpha value is -1.97. The van der Waals surface area contributed by atoms with Crippen LogP contribution in [-0.4, -0.2) is 8.42 Å². The van der Waals surface area contributed by atoms with Gasteiger partial charge in [-0.15, -0.1) is 6.42 Å². The third-order valence-corrected chi connectivity index (χ3v) is 4.88. The number of halogens is 1. The van der Waals surface area contributed by atoms with E-state index >= 15 is 0 Å².